The van der Waals surface area contributed by atoms with Crippen molar-refractivity contribution in [2.75, 3.05) is 13.1 Å². The second kappa shape index (κ2) is 8.17. The van der Waals surface area contributed by atoms with Gasteiger partial charge in [-0.2, -0.15) is 0 Å². The van der Waals surface area contributed by atoms with Gasteiger partial charge in [0.05, 0.1) is 12.2 Å². The number of rotatable bonds is 5. The average Bonchev–Trinajstić information content (AvgIpc) is 3.07. The molecule has 1 saturated heterocycles. The highest BCUT2D eigenvalue weighted by Crippen LogP contribution is 2.39. The van der Waals surface area contributed by atoms with Crippen molar-refractivity contribution < 1.29 is 22.6 Å². The monoisotopic (exact) mass is 371 g/mol. The van der Waals surface area contributed by atoms with Gasteiger partial charge < -0.3 is 9.47 Å². The van der Waals surface area contributed by atoms with Crippen LogP contribution in [0.5, 0.6) is 5.75 Å². The minimum absolute atomic E-state index is 0.131. The van der Waals surface area contributed by atoms with Crippen molar-refractivity contribution in [1.82, 2.24) is 4.90 Å². The van der Waals surface area contributed by atoms with Gasteiger partial charge in [0, 0.05) is 6.04 Å². The normalized spacial score (nSPS) is 27.8. The maximum atomic E-state index is 12.5. The Morgan fingerprint density at radius 1 is 1.12 bits per heavy atom. The summed E-state index contributed by atoms with van der Waals surface area (Å²) in [6, 6.07) is 6.81. The molecule has 3 nitrogen and oxygen atoms in total. The predicted molar refractivity (Wildman–Crippen MR) is 94.3 cm³/mol. The van der Waals surface area contributed by atoms with E-state index >= 15 is 0 Å². The number of ether oxygens (including phenoxy) is 2. The fraction of sp³-hybridized carbons (Fsp3) is 0.700. The smallest absolute Gasteiger partial charge is 0.406 e. The maximum absolute atomic E-state index is 12.5. The number of benzene rings is 1. The third-order valence-electron chi connectivity index (χ3n) is 5.37. The Morgan fingerprint density at radius 3 is 2.50 bits per heavy atom. The Labute approximate surface area is 153 Å². The molecule has 0 bridgehead atoms. The molecule has 2 fully saturated rings. The molecule has 0 amide bonds. The first kappa shape index (κ1) is 19.5. The lowest BCUT2D eigenvalue weighted by Crippen LogP contribution is -2.47. The maximum Gasteiger partial charge on any atom is 0.573 e. The first-order valence-electron chi connectivity index (χ1n) is 9.57. The van der Waals surface area contributed by atoms with Gasteiger partial charge in [0.15, 0.2) is 0 Å². The molecule has 0 aromatic heterocycles. The zero-order valence-corrected chi connectivity index (χ0v) is 15.5. The molecule has 1 aliphatic heterocycles. The molecule has 6 heteroatoms. The third-order valence-corrected chi connectivity index (χ3v) is 5.37. The van der Waals surface area contributed by atoms with E-state index in [-0.39, 0.29) is 23.9 Å². The highest BCUT2D eigenvalue weighted by atomic mass is 19.4. The van der Waals surface area contributed by atoms with E-state index in [1.807, 2.05) is 6.07 Å². The van der Waals surface area contributed by atoms with E-state index in [4.69, 9.17) is 4.74 Å². The van der Waals surface area contributed by atoms with E-state index < -0.39 is 6.36 Å². The Bertz CT molecular complexity index is 585. The van der Waals surface area contributed by atoms with Crippen LogP contribution in [0.15, 0.2) is 24.3 Å². The number of nitrogens with zero attached hydrogens (tertiary/aromatic N) is 1. The minimum atomic E-state index is -4.65. The first-order valence-corrected chi connectivity index (χ1v) is 9.57. The molecular formula is C20H28F3NO2. The van der Waals surface area contributed by atoms with Crippen LogP contribution in [-0.2, 0) is 4.74 Å². The summed E-state index contributed by atoms with van der Waals surface area (Å²) in [5, 5.41) is 0. The summed E-state index contributed by atoms with van der Waals surface area (Å²) in [4.78, 5) is 2.51. The van der Waals surface area contributed by atoms with E-state index in [9.17, 15) is 13.2 Å². The van der Waals surface area contributed by atoms with Crippen LogP contribution in [0.1, 0.15) is 57.4 Å². The van der Waals surface area contributed by atoms with Crippen LogP contribution >= 0.6 is 0 Å². The van der Waals surface area contributed by atoms with Gasteiger partial charge in [-0.25, -0.2) is 0 Å². The van der Waals surface area contributed by atoms with Crippen LogP contribution in [0.3, 0.4) is 0 Å². The summed E-state index contributed by atoms with van der Waals surface area (Å²) >= 11 is 0. The van der Waals surface area contributed by atoms with Crippen LogP contribution in [0.25, 0.3) is 0 Å². The molecule has 2 aliphatic rings. The molecule has 0 N–H and O–H groups in total. The predicted octanol–water partition coefficient (Wildman–Crippen LogP) is 5.11. The molecule has 3 rings (SSSR count). The number of likely N-dealkylation sites (tertiary alicyclic amines) is 1. The standard InChI is InChI=1S/C20H28F3NO2/c1-14(2)25-19-9-8-16(13-18(19)24-10-3-4-11-24)15-6-5-7-17(12-15)26-20(21,22)23/h5-7,12,14,16,18-19H,3-4,8-11,13H2,1-2H3/t16-,18-,19-/m0/s1. The Kier molecular flexibility index (Phi) is 6.13. The largest absolute Gasteiger partial charge is 0.573 e. The highest BCUT2D eigenvalue weighted by molar-refractivity contribution is 5.31. The summed E-state index contributed by atoms with van der Waals surface area (Å²) < 4.78 is 47.8. The lowest BCUT2D eigenvalue weighted by Gasteiger charge is -2.42. The van der Waals surface area contributed by atoms with Crippen molar-refractivity contribution in [1.29, 1.82) is 0 Å². The molecule has 1 aromatic rings. The highest BCUT2D eigenvalue weighted by Gasteiger charge is 2.37. The van der Waals surface area contributed by atoms with E-state index in [2.05, 4.69) is 23.5 Å². The molecule has 3 atom stereocenters. The molecule has 1 aromatic carbocycles. The Balaban J connectivity index is 1.74. The van der Waals surface area contributed by atoms with Crippen molar-refractivity contribution in [2.24, 2.45) is 0 Å². The van der Waals surface area contributed by atoms with Gasteiger partial charge >= 0.3 is 6.36 Å². The quantitative estimate of drug-likeness (QED) is 0.718. The molecule has 0 radical (unpaired) electrons. The van der Waals surface area contributed by atoms with Crippen LogP contribution in [0.4, 0.5) is 13.2 Å². The van der Waals surface area contributed by atoms with Gasteiger partial charge in [-0.05, 0) is 82.7 Å². The fourth-order valence-electron chi connectivity index (χ4n) is 4.35. The molecule has 1 saturated carbocycles. The fourth-order valence-corrected chi connectivity index (χ4v) is 4.35. The van der Waals surface area contributed by atoms with Gasteiger partial charge in [0.2, 0.25) is 0 Å². The summed E-state index contributed by atoms with van der Waals surface area (Å²) in [5.74, 6) is 0.109. The molecule has 0 spiro atoms. The van der Waals surface area contributed by atoms with E-state index in [0.29, 0.717) is 6.04 Å². The van der Waals surface area contributed by atoms with E-state index in [1.54, 1.807) is 12.1 Å². The second-order valence-corrected chi connectivity index (χ2v) is 7.66. The lowest BCUT2D eigenvalue weighted by molar-refractivity contribution is -0.274. The van der Waals surface area contributed by atoms with Crippen molar-refractivity contribution >= 4 is 0 Å². The van der Waals surface area contributed by atoms with Crippen LogP contribution in [0, 0.1) is 0 Å². The van der Waals surface area contributed by atoms with Crippen molar-refractivity contribution in [2.45, 2.75) is 76.5 Å². The topological polar surface area (TPSA) is 21.7 Å². The lowest BCUT2D eigenvalue weighted by atomic mass is 9.79. The van der Waals surface area contributed by atoms with Crippen molar-refractivity contribution in [3.8, 4) is 5.75 Å². The first-order chi connectivity index (χ1) is 12.3. The molecular weight excluding hydrogens is 343 g/mol. The van der Waals surface area contributed by atoms with Gasteiger partial charge in [-0.3, -0.25) is 4.90 Å². The zero-order chi connectivity index (χ0) is 18.7. The van der Waals surface area contributed by atoms with Crippen molar-refractivity contribution in [3.63, 3.8) is 0 Å². The summed E-state index contributed by atoms with van der Waals surface area (Å²) in [6.45, 7) is 6.30. The van der Waals surface area contributed by atoms with Gasteiger partial charge in [0.1, 0.15) is 5.75 Å². The van der Waals surface area contributed by atoms with E-state index in [0.717, 1.165) is 37.9 Å². The molecule has 146 valence electrons. The second-order valence-electron chi connectivity index (χ2n) is 7.66. The number of halogens is 3. The minimum Gasteiger partial charge on any atom is -0.406 e. The SMILES string of the molecule is CC(C)O[C@H]1CC[C@H](c2cccc(OC(F)(F)F)c2)C[C@@H]1N1CCCC1. The Morgan fingerprint density at radius 2 is 1.85 bits per heavy atom. The molecule has 1 aliphatic carbocycles. The van der Waals surface area contributed by atoms with E-state index in [1.165, 1.54) is 18.9 Å². The van der Waals surface area contributed by atoms with Gasteiger partial charge in [0.25, 0.3) is 0 Å². The summed E-state index contributed by atoms with van der Waals surface area (Å²) in [7, 11) is 0. The van der Waals surface area contributed by atoms with Crippen LogP contribution in [-0.4, -0.2) is 42.6 Å². The Hall–Kier alpha value is -1.27. The average molecular weight is 371 g/mol. The zero-order valence-electron chi connectivity index (χ0n) is 15.5. The number of alkyl halides is 3. The molecule has 0 unspecified atom stereocenters. The van der Waals surface area contributed by atoms with Gasteiger partial charge in [-0.15, -0.1) is 13.2 Å². The van der Waals surface area contributed by atoms with Crippen LogP contribution < -0.4 is 4.74 Å². The summed E-state index contributed by atoms with van der Waals surface area (Å²) in [6.07, 6.45) is 0.955. The number of hydrogen-bond acceptors (Lipinski definition) is 3. The van der Waals surface area contributed by atoms with Crippen molar-refractivity contribution in [3.05, 3.63) is 29.8 Å². The molecule has 26 heavy (non-hydrogen) atoms. The van der Waals surface area contributed by atoms with Crippen LogP contribution in [0.2, 0.25) is 0 Å². The third kappa shape index (κ3) is 5.13. The number of hydrogen-bond donors (Lipinski definition) is 0. The summed E-state index contributed by atoms with van der Waals surface area (Å²) in [5.41, 5.74) is 0.930. The molecule has 1 heterocycles. The van der Waals surface area contributed by atoms with Gasteiger partial charge in [-0.1, -0.05) is 12.1 Å².